The minimum absolute atomic E-state index is 0.110. The third-order valence-corrected chi connectivity index (χ3v) is 2.40. The first-order chi connectivity index (χ1) is 8.70. The standard InChI is InChI=1S/C10H13N3O5/c1-16-9-3-2-8(13(14)15)10(12-9)11-7-4-17-6-18-5-7/h2-3,7H,4-6H2,1H3,(H,11,12). The van der Waals surface area contributed by atoms with Crippen LogP contribution >= 0.6 is 0 Å². The highest BCUT2D eigenvalue weighted by Gasteiger charge is 2.21. The third-order valence-electron chi connectivity index (χ3n) is 2.40. The number of pyridine rings is 1. The second kappa shape index (κ2) is 5.61. The van der Waals surface area contributed by atoms with Crippen molar-refractivity contribution in [2.24, 2.45) is 0 Å². The van der Waals surface area contributed by atoms with Gasteiger partial charge in [-0.2, -0.15) is 4.98 Å². The summed E-state index contributed by atoms with van der Waals surface area (Å²) in [7, 11) is 1.45. The maximum atomic E-state index is 10.9. The van der Waals surface area contributed by atoms with Gasteiger partial charge in [-0.25, -0.2) is 0 Å². The number of rotatable bonds is 4. The molecule has 0 bridgehead atoms. The van der Waals surface area contributed by atoms with Crippen LogP contribution in [0, 0.1) is 10.1 Å². The number of hydrogen-bond donors (Lipinski definition) is 1. The van der Waals surface area contributed by atoms with Gasteiger partial charge in [0, 0.05) is 12.1 Å². The van der Waals surface area contributed by atoms with E-state index in [2.05, 4.69) is 10.3 Å². The Labute approximate surface area is 103 Å². The van der Waals surface area contributed by atoms with E-state index in [1.54, 1.807) is 0 Å². The Morgan fingerprint density at radius 3 is 2.83 bits per heavy atom. The van der Waals surface area contributed by atoms with Crippen LogP contribution in [0.1, 0.15) is 0 Å². The van der Waals surface area contributed by atoms with E-state index in [1.807, 2.05) is 0 Å². The van der Waals surface area contributed by atoms with Gasteiger partial charge in [0.05, 0.1) is 31.3 Å². The summed E-state index contributed by atoms with van der Waals surface area (Å²) < 4.78 is 15.1. The highest BCUT2D eigenvalue weighted by Crippen LogP contribution is 2.25. The molecule has 0 saturated carbocycles. The number of ether oxygens (including phenoxy) is 3. The molecule has 2 heterocycles. The molecule has 1 N–H and O–H groups in total. The topological polar surface area (TPSA) is 95.8 Å². The summed E-state index contributed by atoms with van der Waals surface area (Å²) in [5.41, 5.74) is -0.110. The van der Waals surface area contributed by atoms with Gasteiger partial charge in [0.2, 0.25) is 11.7 Å². The van der Waals surface area contributed by atoms with Gasteiger partial charge < -0.3 is 19.5 Å². The third kappa shape index (κ3) is 2.84. The molecule has 1 aliphatic rings. The average Bonchev–Trinajstić information content (AvgIpc) is 2.39. The molecule has 1 aromatic heterocycles. The molecule has 0 amide bonds. The second-order valence-corrected chi connectivity index (χ2v) is 3.68. The van der Waals surface area contributed by atoms with Crippen molar-refractivity contribution >= 4 is 11.5 Å². The molecule has 0 atom stereocenters. The lowest BCUT2D eigenvalue weighted by atomic mass is 10.3. The zero-order chi connectivity index (χ0) is 13.0. The summed E-state index contributed by atoms with van der Waals surface area (Å²) in [5.74, 6) is 0.458. The molecule has 8 nitrogen and oxygen atoms in total. The summed E-state index contributed by atoms with van der Waals surface area (Å²) in [5, 5.41) is 13.8. The van der Waals surface area contributed by atoms with E-state index in [1.165, 1.54) is 19.2 Å². The molecule has 0 spiro atoms. The molecule has 1 aromatic rings. The van der Waals surface area contributed by atoms with Gasteiger partial charge in [0.15, 0.2) is 0 Å². The molecule has 98 valence electrons. The van der Waals surface area contributed by atoms with Crippen molar-refractivity contribution in [3.05, 3.63) is 22.2 Å². The number of nitrogens with one attached hydrogen (secondary N) is 1. The van der Waals surface area contributed by atoms with Gasteiger partial charge in [-0.15, -0.1) is 0 Å². The molecule has 18 heavy (non-hydrogen) atoms. The Bertz CT molecular complexity index is 434. The zero-order valence-electron chi connectivity index (χ0n) is 9.79. The van der Waals surface area contributed by atoms with E-state index in [0.717, 1.165) is 0 Å². The van der Waals surface area contributed by atoms with E-state index in [9.17, 15) is 10.1 Å². The molecular weight excluding hydrogens is 242 g/mol. The van der Waals surface area contributed by atoms with E-state index in [0.29, 0.717) is 19.1 Å². The predicted molar refractivity (Wildman–Crippen MR) is 61.6 cm³/mol. The first-order valence-corrected chi connectivity index (χ1v) is 5.32. The maximum Gasteiger partial charge on any atom is 0.311 e. The number of nitro groups is 1. The largest absolute Gasteiger partial charge is 0.481 e. The van der Waals surface area contributed by atoms with Crippen LogP contribution in [-0.4, -0.2) is 43.1 Å². The fourth-order valence-electron chi connectivity index (χ4n) is 1.57. The SMILES string of the molecule is COc1ccc([N+](=O)[O-])c(NC2COCOC2)n1. The fourth-order valence-corrected chi connectivity index (χ4v) is 1.57. The summed E-state index contributed by atoms with van der Waals surface area (Å²) in [6.45, 7) is 1.07. The van der Waals surface area contributed by atoms with Gasteiger partial charge >= 0.3 is 5.69 Å². The monoisotopic (exact) mass is 255 g/mol. The zero-order valence-corrected chi connectivity index (χ0v) is 9.79. The van der Waals surface area contributed by atoms with Crippen LogP contribution in [0.5, 0.6) is 5.88 Å². The lowest BCUT2D eigenvalue weighted by Crippen LogP contribution is -2.36. The van der Waals surface area contributed by atoms with Crippen LogP contribution in [0.15, 0.2) is 12.1 Å². The van der Waals surface area contributed by atoms with E-state index in [4.69, 9.17) is 14.2 Å². The van der Waals surface area contributed by atoms with Crippen LogP contribution in [0.25, 0.3) is 0 Å². The number of aromatic nitrogens is 1. The lowest BCUT2D eigenvalue weighted by molar-refractivity contribution is -0.384. The minimum atomic E-state index is -0.501. The summed E-state index contributed by atoms with van der Waals surface area (Å²) in [6.07, 6.45) is 0. The number of nitrogens with zero attached hydrogens (tertiary/aromatic N) is 2. The number of anilines is 1. The van der Waals surface area contributed by atoms with Crippen molar-refractivity contribution in [1.82, 2.24) is 4.98 Å². The lowest BCUT2D eigenvalue weighted by Gasteiger charge is -2.23. The molecule has 1 fully saturated rings. The molecule has 0 radical (unpaired) electrons. The van der Waals surface area contributed by atoms with Crippen LogP contribution in [0.2, 0.25) is 0 Å². The quantitative estimate of drug-likeness (QED) is 0.627. The van der Waals surface area contributed by atoms with E-state index < -0.39 is 4.92 Å². The Hall–Kier alpha value is -1.93. The Kier molecular flexibility index (Phi) is 3.90. The molecule has 1 aliphatic heterocycles. The smallest absolute Gasteiger partial charge is 0.311 e. The van der Waals surface area contributed by atoms with Gasteiger partial charge in [0.25, 0.3) is 0 Å². The Morgan fingerprint density at radius 2 is 2.22 bits per heavy atom. The van der Waals surface area contributed by atoms with Gasteiger partial charge in [-0.05, 0) is 0 Å². The highest BCUT2D eigenvalue weighted by atomic mass is 16.7. The normalized spacial score (nSPS) is 16.3. The van der Waals surface area contributed by atoms with Gasteiger partial charge in [0.1, 0.15) is 6.79 Å². The molecule has 2 rings (SSSR count). The molecule has 8 heteroatoms. The first-order valence-electron chi connectivity index (χ1n) is 5.32. The average molecular weight is 255 g/mol. The predicted octanol–water partition coefficient (Wildman–Crippen LogP) is 0.783. The molecule has 0 unspecified atom stereocenters. The van der Waals surface area contributed by atoms with Crippen molar-refractivity contribution in [2.75, 3.05) is 32.4 Å². The van der Waals surface area contributed by atoms with Crippen molar-refractivity contribution in [3.63, 3.8) is 0 Å². The van der Waals surface area contributed by atoms with Crippen molar-refractivity contribution < 1.29 is 19.1 Å². The Balaban J connectivity index is 2.19. The van der Waals surface area contributed by atoms with Gasteiger partial charge in [-0.3, -0.25) is 10.1 Å². The Morgan fingerprint density at radius 1 is 1.50 bits per heavy atom. The molecule has 0 aromatic carbocycles. The van der Waals surface area contributed by atoms with E-state index in [-0.39, 0.29) is 24.3 Å². The van der Waals surface area contributed by atoms with Crippen LogP contribution in [-0.2, 0) is 9.47 Å². The summed E-state index contributed by atoms with van der Waals surface area (Å²) in [4.78, 5) is 14.4. The number of methoxy groups -OCH3 is 1. The minimum Gasteiger partial charge on any atom is -0.481 e. The number of hydrogen-bond acceptors (Lipinski definition) is 7. The van der Waals surface area contributed by atoms with Crippen LogP contribution in [0.4, 0.5) is 11.5 Å². The molecule has 1 saturated heterocycles. The highest BCUT2D eigenvalue weighted by molar-refractivity contribution is 5.57. The fraction of sp³-hybridized carbons (Fsp3) is 0.500. The van der Waals surface area contributed by atoms with Crippen LogP contribution in [0.3, 0.4) is 0 Å². The summed E-state index contributed by atoms with van der Waals surface area (Å²) in [6, 6.07) is 2.62. The van der Waals surface area contributed by atoms with E-state index >= 15 is 0 Å². The molecule has 0 aliphatic carbocycles. The molecular formula is C10H13N3O5. The van der Waals surface area contributed by atoms with Crippen molar-refractivity contribution in [2.45, 2.75) is 6.04 Å². The van der Waals surface area contributed by atoms with Crippen molar-refractivity contribution in [3.8, 4) is 5.88 Å². The second-order valence-electron chi connectivity index (χ2n) is 3.68. The summed E-state index contributed by atoms with van der Waals surface area (Å²) >= 11 is 0. The first kappa shape index (κ1) is 12.5. The van der Waals surface area contributed by atoms with Crippen molar-refractivity contribution in [1.29, 1.82) is 0 Å². The van der Waals surface area contributed by atoms with Crippen LogP contribution < -0.4 is 10.1 Å². The van der Waals surface area contributed by atoms with Gasteiger partial charge in [-0.1, -0.05) is 0 Å². The maximum absolute atomic E-state index is 10.9.